The van der Waals surface area contributed by atoms with Gasteiger partial charge >= 0.3 is 0 Å². The summed E-state index contributed by atoms with van der Waals surface area (Å²) < 4.78 is 2.11. The standard InChI is InChI=1S/C14H27N3/c1-11(9-13-15-7-8-17(13)6)12(2)10-16-14(3,4)5/h7-8,11-12,16H,9-10H2,1-6H3. The van der Waals surface area contributed by atoms with Gasteiger partial charge in [-0.25, -0.2) is 4.98 Å². The van der Waals surface area contributed by atoms with Gasteiger partial charge in [0.05, 0.1) is 0 Å². The molecular weight excluding hydrogens is 210 g/mol. The van der Waals surface area contributed by atoms with Gasteiger partial charge in [0, 0.05) is 31.4 Å². The molecule has 0 fully saturated rings. The van der Waals surface area contributed by atoms with E-state index in [0.717, 1.165) is 13.0 Å². The van der Waals surface area contributed by atoms with Crippen LogP contribution in [0.4, 0.5) is 0 Å². The van der Waals surface area contributed by atoms with E-state index in [-0.39, 0.29) is 5.54 Å². The fourth-order valence-electron chi connectivity index (χ4n) is 1.75. The average Bonchev–Trinajstić information content (AvgIpc) is 2.59. The Bertz CT molecular complexity index is 335. The third-order valence-corrected chi connectivity index (χ3v) is 3.35. The van der Waals surface area contributed by atoms with Crippen molar-refractivity contribution in [2.45, 2.75) is 46.6 Å². The van der Waals surface area contributed by atoms with Crippen LogP contribution in [0.25, 0.3) is 0 Å². The number of imidazole rings is 1. The Balaban J connectivity index is 2.42. The predicted octanol–water partition coefficient (Wildman–Crippen LogP) is 2.62. The monoisotopic (exact) mass is 237 g/mol. The normalized spacial score (nSPS) is 15.9. The van der Waals surface area contributed by atoms with E-state index in [9.17, 15) is 0 Å². The Morgan fingerprint density at radius 2 is 1.94 bits per heavy atom. The van der Waals surface area contributed by atoms with Crippen molar-refractivity contribution in [2.75, 3.05) is 6.54 Å². The maximum absolute atomic E-state index is 4.39. The highest BCUT2D eigenvalue weighted by Gasteiger charge is 2.17. The fraction of sp³-hybridized carbons (Fsp3) is 0.786. The maximum Gasteiger partial charge on any atom is 0.108 e. The molecule has 0 amide bonds. The number of hydrogen-bond acceptors (Lipinski definition) is 2. The van der Waals surface area contributed by atoms with Gasteiger partial charge in [-0.2, -0.15) is 0 Å². The van der Waals surface area contributed by atoms with Crippen molar-refractivity contribution in [3.05, 3.63) is 18.2 Å². The molecule has 1 aromatic rings. The van der Waals surface area contributed by atoms with Crippen molar-refractivity contribution in [1.29, 1.82) is 0 Å². The number of aryl methyl sites for hydroxylation is 1. The zero-order chi connectivity index (χ0) is 13.1. The molecule has 0 aromatic carbocycles. The van der Waals surface area contributed by atoms with Crippen LogP contribution in [-0.2, 0) is 13.5 Å². The number of nitrogens with one attached hydrogen (secondary N) is 1. The molecule has 17 heavy (non-hydrogen) atoms. The number of aromatic nitrogens is 2. The molecule has 3 heteroatoms. The second-order valence-corrected chi connectivity index (χ2v) is 6.24. The quantitative estimate of drug-likeness (QED) is 0.853. The summed E-state index contributed by atoms with van der Waals surface area (Å²) in [5, 5.41) is 3.57. The van der Waals surface area contributed by atoms with Gasteiger partial charge in [-0.15, -0.1) is 0 Å². The van der Waals surface area contributed by atoms with Crippen LogP contribution < -0.4 is 5.32 Å². The van der Waals surface area contributed by atoms with E-state index in [0.29, 0.717) is 11.8 Å². The summed E-state index contributed by atoms with van der Waals surface area (Å²) in [6.07, 6.45) is 4.94. The fourth-order valence-corrected chi connectivity index (χ4v) is 1.75. The Labute approximate surface area is 106 Å². The topological polar surface area (TPSA) is 29.9 Å². The zero-order valence-electron chi connectivity index (χ0n) is 12.1. The Morgan fingerprint density at radius 1 is 1.29 bits per heavy atom. The molecule has 0 radical (unpaired) electrons. The summed E-state index contributed by atoms with van der Waals surface area (Å²) in [6, 6.07) is 0. The van der Waals surface area contributed by atoms with Crippen molar-refractivity contribution >= 4 is 0 Å². The summed E-state index contributed by atoms with van der Waals surface area (Å²) in [4.78, 5) is 4.39. The first kappa shape index (κ1) is 14.2. The molecule has 0 saturated heterocycles. The molecule has 2 unspecified atom stereocenters. The van der Waals surface area contributed by atoms with Gasteiger partial charge in [0.1, 0.15) is 5.82 Å². The van der Waals surface area contributed by atoms with Crippen LogP contribution in [0.1, 0.15) is 40.4 Å². The SMILES string of the molecule is CC(CNC(C)(C)C)C(C)Cc1nccn1C. The van der Waals surface area contributed by atoms with E-state index in [4.69, 9.17) is 0 Å². The minimum atomic E-state index is 0.206. The van der Waals surface area contributed by atoms with Crippen molar-refractivity contribution < 1.29 is 0 Å². The molecule has 0 bridgehead atoms. The lowest BCUT2D eigenvalue weighted by atomic mass is 9.91. The first-order valence-corrected chi connectivity index (χ1v) is 6.51. The highest BCUT2D eigenvalue weighted by atomic mass is 15.0. The number of rotatable bonds is 5. The van der Waals surface area contributed by atoms with Crippen LogP contribution in [0.5, 0.6) is 0 Å². The van der Waals surface area contributed by atoms with Crippen molar-refractivity contribution in [3.63, 3.8) is 0 Å². The summed E-state index contributed by atoms with van der Waals surface area (Å²) in [6.45, 7) is 12.3. The van der Waals surface area contributed by atoms with Crippen molar-refractivity contribution in [1.82, 2.24) is 14.9 Å². The molecule has 1 aromatic heterocycles. The van der Waals surface area contributed by atoms with Crippen molar-refractivity contribution in [3.8, 4) is 0 Å². The minimum Gasteiger partial charge on any atom is -0.338 e. The van der Waals surface area contributed by atoms with Gasteiger partial charge in [-0.05, 0) is 39.2 Å². The molecule has 0 aliphatic rings. The molecule has 0 saturated carbocycles. The summed E-state index contributed by atoms with van der Waals surface area (Å²) in [5.41, 5.74) is 0.206. The van der Waals surface area contributed by atoms with Gasteiger partial charge in [0.25, 0.3) is 0 Å². The molecule has 0 spiro atoms. The van der Waals surface area contributed by atoms with Crippen LogP contribution in [0.2, 0.25) is 0 Å². The Hall–Kier alpha value is -0.830. The van der Waals surface area contributed by atoms with E-state index >= 15 is 0 Å². The third kappa shape index (κ3) is 4.90. The largest absolute Gasteiger partial charge is 0.338 e. The lowest BCUT2D eigenvalue weighted by Gasteiger charge is -2.26. The molecule has 1 N–H and O–H groups in total. The minimum absolute atomic E-state index is 0.206. The summed E-state index contributed by atoms with van der Waals surface area (Å²) in [5.74, 6) is 2.48. The summed E-state index contributed by atoms with van der Waals surface area (Å²) >= 11 is 0. The lowest BCUT2D eigenvalue weighted by molar-refractivity contribution is 0.313. The lowest BCUT2D eigenvalue weighted by Crippen LogP contribution is -2.40. The van der Waals surface area contributed by atoms with Gasteiger partial charge < -0.3 is 9.88 Å². The Morgan fingerprint density at radius 3 is 2.41 bits per heavy atom. The number of hydrogen-bond donors (Lipinski definition) is 1. The molecule has 3 nitrogen and oxygen atoms in total. The first-order valence-electron chi connectivity index (χ1n) is 6.51. The molecule has 1 rings (SSSR count). The highest BCUT2D eigenvalue weighted by Crippen LogP contribution is 2.16. The van der Waals surface area contributed by atoms with E-state index in [1.165, 1.54) is 5.82 Å². The van der Waals surface area contributed by atoms with Crippen LogP contribution in [0.3, 0.4) is 0 Å². The average molecular weight is 237 g/mol. The van der Waals surface area contributed by atoms with E-state index in [1.807, 2.05) is 12.4 Å². The van der Waals surface area contributed by atoms with Crippen LogP contribution in [0, 0.1) is 11.8 Å². The van der Waals surface area contributed by atoms with Gasteiger partial charge in [0.2, 0.25) is 0 Å². The van der Waals surface area contributed by atoms with Crippen molar-refractivity contribution in [2.24, 2.45) is 18.9 Å². The van der Waals surface area contributed by atoms with E-state index < -0.39 is 0 Å². The molecule has 2 atom stereocenters. The van der Waals surface area contributed by atoms with Gasteiger partial charge in [-0.3, -0.25) is 0 Å². The highest BCUT2D eigenvalue weighted by molar-refractivity contribution is 4.93. The second kappa shape index (κ2) is 5.67. The molecule has 1 heterocycles. The van der Waals surface area contributed by atoms with Crippen LogP contribution >= 0.6 is 0 Å². The Kier molecular flexibility index (Phi) is 4.75. The number of nitrogens with zero attached hydrogens (tertiary/aromatic N) is 2. The molecule has 0 aliphatic heterocycles. The first-order chi connectivity index (χ1) is 7.79. The van der Waals surface area contributed by atoms with E-state index in [2.05, 4.69) is 56.5 Å². The van der Waals surface area contributed by atoms with Gasteiger partial charge in [-0.1, -0.05) is 13.8 Å². The molecule has 0 aliphatic carbocycles. The van der Waals surface area contributed by atoms with Crippen LogP contribution in [0.15, 0.2) is 12.4 Å². The predicted molar refractivity (Wildman–Crippen MR) is 73.0 cm³/mol. The van der Waals surface area contributed by atoms with E-state index in [1.54, 1.807) is 0 Å². The van der Waals surface area contributed by atoms with Crippen LogP contribution in [-0.4, -0.2) is 21.6 Å². The molecular formula is C14H27N3. The smallest absolute Gasteiger partial charge is 0.108 e. The molecule has 98 valence electrons. The summed E-state index contributed by atoms with van der Waals surface area (Å²) in [7, 11) is 2.06. The third-order valence-electron chi connectivity index (χ3n) is 3.35. The second-order valence-electron chi connectivity index (χ2n) is 6.24. The van der Waals surface area contributed by atoms with Gasteiger partial charge in [0.15, 0.2) is 0 Å². The maximum atomic E-state index is 4.39. The zero-order valence-corrected chi connectivity index (χ0v) is 12.1.